The Kier molecular flexibility index (Phi) is 24.0. The maximum Gasteiger partial charge on any atom is 3.00 e. The summed E-state index contributed by atoms with van der Waals surface area (Å²) in [7, 11) is -15.5. The zero-order valence-electron chi connectivity index (χ0n) is 7.02. The molecule has 17 heavy (non-hydrogen) atoms. The number of hydrogen-bond acceptors (Lipinski definition) is 12. The van der Waals surface area contributed by atoms with Crippen molar-refractivity contribution in [2.24, 2.45) is 0 Å². The van der Waals surface area contributed by atoms with E-state index in [0.717, 1.165) is 0 Å². The van der Waals surface area contributed by atoms with Gasteiger partial charge < -0.3 is 27.3 Å². The first-order chi connectivity index (χ1) is 6.00. The Hall–Kier alpha value is 1.99. The quantitative estimate of drug-likeness (QED) is 0.211. The van der Waals surface area contributed by atoms with Crippen molar-refractivity contribution >= 4 is 31.2 Å². The van der Waals surface area contributed by atoms with Crippen molar-refractivity contribution in [3.05, 3.63) is 0 Å². The van der Waals surface area contributed by atoms with E-state index in [-0.39, 0.29) is 70.9 Å². The maximum atomic E-state index is 8.52. The first-order valence-electron chi connectivity index (χ1n) is 2.00. The summed E-state index contributed by atoms with van der Waals surface area (Å²) in [6.45, 7) is 0. The van der Waals surface area contributed by atoms with E-state index in [1.54, 1.807) is 0 Å². The van der Waals surface area contributed by atoms with Gasteiger partial charge >= 0.3 is 70.9 Å². The van der Waals surface area contributed by atoms with Gasteiger partial charge in [-0.05, 0) is 0 Å². The van der Waals surface area contributed by atoms with E-state index in [1.807, 2.05) is 0 Å². The predicted octanol–water partition coefficient (Wildman–Crippen LogP) is -4.02. The van der Waals surface area contributed by atoms with Crippen LogP contribution in [0.25, 0.3) is 0 Å². The molecule has 0 saturated carbocycles. The maximum absolute atomic E-state index is 8.52. The van der Waals surface area contributed by atoms with Gasteiger partial charge in [0.1, 0.15) is 0 Å². The number of rotatable bonds is 0. The van der Waals surface area contributed by atoms with E-state index in [2.05, 4.69) is 0 Å². The minimum atomic E-state index is -5.17. The van der Waals surface area contributed by atoms with E-state index in [4.69, 9.17) is 52.6 Å². The van der Waals surface area contributed by atoms with E-state index in [9.17, 15) is 0 Å². The van der Waals surface area contributed by atoms with Crippen molar-refractivity contribution in [1.82, 2.24) is 0 Å². The Morgan fingerprint density at radius 2 is 0.471 bits per heavy atom. The molecule has 17 heteroatoms. The van der Waals surface area contributed by atoms with Crippen LogP contribution in [0.1, 0.15) is 0 Å². The molecule has 0 aliphatic rings. The van der Waals surface area contributed by atoms with Crippen molar-refractivity contribution in [2.75, 3.05) is 0 Å². The molecule has 0 aromatic rings. The molecule has 0 fully saturated rings. The summed E-state index contributed by atoms with van der Waals surface area (Å²) in [4.78, 5) is 0. The Bertz CT molecular complexity index is 343. The molecule has 0 aliphatic heterocycles. The Labute approximate surface area is 152 Å². The average molecular weight is 540 g/mol. The zero-order chi connectivity index (χ0) is 13.5. The van der Waals surface area contributed by atoms with Gasteiger partial charge in [0.25, 0.3) is 0 Å². The summed E-state index contributed by atoms with van der Waals surface area (Å²) >= 11 is 0. The molecule has 0 aromatic carbocycles. The van der Waals surface area contributed by atoms with Gasteiger partial charge in [0, 0.05) is 31.2 Å². The van der Waals surface area contributed by atoms with Crippen LogP contribution in [0.5, 0.6) is 0 Å². The molecule has 0 N–H and O–H groups in total. The summed E-state index contributed by atoms with van der Waals surface area (Å²) in [5.74, 6) is 0. The summed E-state index contributed by atoms with van der Waals surface area (Å²) in [6, 6.07) is 0. The Balaban J connectivity index is -0.0000000400. The normalized spacial score (nSPS) is 10.2. The van der Waals surface area contributed by atoms with Crippen LogP contribution in [0, 0.1) is 38.2 Å². The first kappa shape index (κ1) is 31.4. The monoisotopic (exact) mass is 541 g/mol. The van der Waals surface area contributed by atoms with Gasteiger partial charge in [-0.3, -0.25) is 25.3 Å². The molecule has 0 saturated heterocycles. The van der Waals surface area contributed by atoms with Gasteiger partial charge in [-0.1, -0.05) is 0 Å². The van der Waals surface area contributed by atoms with E-state index < -0.39 is 31.2 Å². The molecule has 0 aliphatic carbocycles. The second-order valence-electron chi connectivity index (χ2n) is 1.22. The Morgan fingerprint density at radius 1 is 0.471 bits per heavy atom. The molecule has 0 heterocycles. The Morgan fingerprint density at radius 3 is 0.471 bits per heavy atom. The average Bonchev–Trinajstić information content (AvgIpc) is 1.41. The van der Waals surface area contributed by atoms with Crippen LogP contribution in [0.4, 0.5) is 0 Å². The molecule has 0 aromatic heterocycles. The minimum Gasteiger partial charge on any atom is -0.759 e. The SMILES string of the molecule is O=S(=O)([O-])[O-].O=S(=O)([O-])[O-].O=S(=O)([O-])[O-].[Dy+3].[Y+3]. The molecule has 12 nitrogen and oxygen atoms in total. The van der Waals surface area contributed by atoms with Crippen LogP contribution in [-0.2, 0) is 63.9 Å². The fourth-order valence-corrected chi connectivity index (χ4v) is 0. The van der Waals surface area contributed by atoms with Gasteiger partial charge in [0.05, 0.1) is 0 Å². The van der Waals surface area contributed by atoms with Gasteiger partial charge in [-0.15, -0.1) is 0 Å². The van der Waals surface area contributed by atoms with Gasteiger partial charge in [-0.2, -0.15) is 0 Å². The molecule has 0 bridgehead atoms. The summed E-state index contributed by atoms with van der Waals surface area (Å²) in [5, 5.41) is 0. The van der Waals surface area contributed by atoms with E-state index in [1.165, 1.54) is 0 Å². The molecule has 0 unspecified atom stereocenters. The minimum absolute atomic E-state index is 0. The van der Waals surface area contributed by atoms with Crippen LogP contribution in [0.3, 0.4) is 0 Å². The van der Waals surface area contributed by atoms with Crippen molar-refractivity contribution < 1.29 is 123 Å². The predicted molar refractivity (Wildman–Crippen MR) is 31.4 cm³/mol. The topological polar surface area (TPSA) is 241 Å². The zero-order valence-corrected chi connectivity index (χ0v) is 14.3. The van der Waals surface area contributed by atoms with E-state index in [0.29, 0.717) is 0 Å². The van der Waals surface area contributed by atoms with Crippen LogP contribution in [0.15, 0.2) is 0 Å². The van der Waals surface area contributed by atoms with Gasteiger partial charge in [0.2, 0.25) is 0 Å². The first-order valence-corrected chi connectivity index (χ1v) is 6.00. The third-order valence-corrected chi connectivity index (χ3v) is 0. The largest absolute Gasteiger partial charge is 3.00 e. The standard InChI is InChI=1S/Dy.3H2O4S.Y/c;3*1-5(2,3)4;/h;3*(H2,1,2,3,4);/q+3;;;;+3/p-6. The third-order valence-electron chi connectivity index (χ3n) is 0. The summed E-state index contributed by atoms with van der Waals surface area (Å²) in [6.07, 6.45) is 0. The van der Waals surface area contributed by atoms with Crippen molar-refractivity contribution in [3.63, 3.8) is 0 Å². The third kappa shape index (κ3) is 1160. The summed E-state index contributed by atoms with van der Waals surface area (Å²) < 4.78 is 102. The molecule has 0 atom stereocenters. The molecule has 0 spiro atoms. The molecule has 0 rings (SSSR count). The van der Waals surface area contributed by atoms with Gasteiger partial charge in [-0.25, -0.2) is 0 Å². The van der Waals surface area contributed by atoms with Crippen molar-refractivity contribution in [1.29, 1.82) is 0 Å². The fraction of sp³-hybridized carbons (Fsp3) is 0. The number of hydrogen-bond donors (Lipinski definition) is 0. The smallest absolute Gasteiger partial charge is 0.759 e. The van der Waals surface area contributed by atoms with Crippen molar-refractivity contribution in [2.45, 2.75) is 0 Å². The summed E-state index contributed by atoms with van der Waals surface area (Å²) in [5.41, 5.74) is 0. The molecular weight excluding hydrogens is 540 g/mol. The van der Waals surface area contributed by atoms with Crippen LogP contribution in [-0.4, -0.2) is 52.6 Å². The van der Waals surface area contributed by atoms with Gasteiger partial charge in [0.15, 0.2) is 0 Å². The van der Waals surface area contributed by atoms with Crippen LogP contribution < -0.4 is 0 Å². The van der Waals surface area contributed by atoms with Crippen LogP contribution in [0.2, 0.25) is 0 Å². The fourth-order valence-electron chi connectivity index (χ4n) is 0. The molecular formula is DyO12S3Y. The second-order valence-corrected chi connectivity index (χ2v) is 3.67. The van der Waals surface area contributed by atoms with E-state index >= 15 is 0 Å². The van der Waals surface area contributed by atoms with Crippen molar-refractivity contribution in [3.8, 4) is 0 Å². The molecule has 103 valence electrons. The second kappa shape index (κ2) is 13.0. The van der Waals surface area contributed by atoms with Crippen LogP contribution >= 0.6 is 0 Å². The molecule has 1 radical (unpaired) electrons. The molecule has 0 amide bonds.